The first-order valence-corrected chi connectivity index (χ1v) is 4.96. The molecule has 0 bridgehead atoms. The van der Waals surface area contributed by atoms with E-state index in [4.69, 9.17) is 9.84 Å². The van der Waals surface area contributed by atoms with Gasteiger partial charge in [-0.15, -0.1) is 0 Å². The summed E-state index contributed by atoms with van der Waals surface area (Å²) in [5.74, 6) is 1.37. The molecule has 2 rings (SSSR count). The number of aromatic nitrogens is 1. The maximum Gasteiger partial charge on any atom is 0.150 e. The summed E-state index contributed by atoms with van der Waals surface area (Å²) in [5.41, 5.74) is 0.633. The molecule has 0 saturated heterocycles. The van der Waals surface area contributed by atoms with Crippen LogP contribution in [0.1, 0.15) is 10.4 Å². The van der Waals surface area contributed by atoms with Gasteiger partial charge >= 0.3 is 0 Å². The molecule has 1 aromatic heterocycles. The summed E-state index contributed by atoms with van der Waals surface area (Å²) in [5, 5.41) is 7.00. The Morgan fingerprint density at radius 2 is 1.82 bits per heavy atom. The number of nitrogens with zero attached hydrogens (tertiary/aromatic N) is 1. The fourth-order valence-electron chi connectivity index (χ4n) is 1.16. The second-order valence-corrected chi connectivity index (χ2v) is 2.98. The van der Waals surface area contributed by atoms with Crippen LogP contribution in [-0.2, 0) is 0 Å². The number of aliphatic hydroxyl groups is 1. The Morgan fingerprint density at radius 1 is 1.12 bits per heavy atom. The molecular formula is C13H13NO3. The molecule has 0 aliphatic heterocycles. The SMILES string of the molecule is CO.O=Cc1ccc(Oc2cccnc2)cc1. The number of pyridine rings is 1. The van der Waals surface area contributed by atoms with E-state index in [-0.39, 0.29) is 0 Å². The van der Waals surface area contributed by atoms with Crippen LogP contribution in [-0.4, -0.2) is 23.5 Å². The molecule has 0 saturated carbocycles. The number of hydrogen-bond donors (Lipinski definition) is 1. The molecule has 0 unspecified atom stereocenters. The van der Waals surface area contributed by atoms with Crippen molar-refractivity contribution in [1.29, 1.82) is 0 Å². The summed E-state index contributed by atoms with van der Waals surface area (Å²) in [7, 11) is 1.00. The van der Waals surface area contributed by atoms with Crippen molar-refractivity contribution in [3.8, 4) is 11.5 Å². The number of aldehydes is 1. The van der Waals surface area contributed by atoms with Crippen molar-refractivity contribution < 1.29 is 14.6 Å². The Hall–Kier alpha value is -2.20. The third-order valence-corrected chi connectivity index (χ3v) is 1.89. The minimum atomic E-state index is 0.633. The Kier molecular flexibility index (Phi) is 5.40. The third-order valence-electron chi connectivity index (χ3n) is 1.89. The molecule has 0 atom stereocenters. The first kappa shape index (κ1) is 12.9. The zero-order chi connectivity index (χ0) is 12.5. The Balaban J connectivity index is 0.000000686. The Labute approximate surface area is 99.5 Å². The molecule has 17 heavy (non-hydrogen) atoms. The van der Waals surface area contributed by atoms with Crippen LogP contribution >= 0.6 is 0 Å². The number of ether oxygens (including phenoxy) is 1. The van der Waals surface area contributed by atoms with Crippen LogP contribution in [0.2, 0.25) is 0 Å². The standard InChI is InChI=1S/C12H9NO2.CH4O/c14-9-10-3-5-11(6-4-10)15-12-2-1-7-13-8-12;1-2/h1-9H;2H,1H3. The largest absolute Gasteiger partial charge is 0.456 e. The van der Waals surface area contributed by atoms with Crippen molar-refractivity contribution in [2.45, 2.75) is 0 Å². The zero-order valence-electron chi connectivity index (χ0n) is 9.41. The van der Waals surface area contributed by atoms with E-state index in [1.54, 1.807) is 42.7 Å². The average Bonchev–Trinajstić information content (AvgIpc) is 2.43. The molecule has 1 N–H and O–H groups in total. The van der Waals surface area contributed by atoms with Crippen LogP contribution in [0.15, 0.2) is 48.8 Å². The second kappa shape index (κ2) is 7.14. The highest BCUT2D eigenvalue weighted by Gasteiger charge is 1.96. The van der Waals surface area contributed by atoms with Crippen molar-refractivity contribution >= 4 is 6.29 Å². The van der Waals surface area contributed by atoms with Gasteiger partial charge < -0.3 is 9.84 Å². The molecule has 88 valence electrons. The van der Waals surface area contributed by atoms with E-state index in [1.165, 1.54) is 0 Å². The highest BCUT2D eigenvalue weighted by molar-refractivity contribution is 5.74. The lowest BCUT2D eigenvalue weighted by molar-refractivity contribution is 0.112. The van der Waals surface area contributed by atoms with Crippen LogP contribution in [0, 0.1) is 0 Å². The van der Waals surface area contributed by atoms with Gasteiger partial charge in [0.15, 0.2) is 0 Å². The maximum absolute atomic E-state index is 10.4. The molecule has 0 aliphatic carbocycles. The monoisotopic (exact) mass is 231 g/mol. The third kappa shape index (κ3) is 4.04. The number of carbonyl (C=O) groups excluding carboxylic acids is 1. The molecule has 4 heteroatoms. The van der Waals surface area contributed by atoms with Gasteiger partial charge in [0.2, 0.25) is 0 Å². The molecule has 0 spiro atoms. The lowest BCUT2D eigenvalue weighted by Crippen LogP contribution is -1.85. The van der Waals surface area contributed by atoms with Crippen molar-refractivity contribution in [1.82, 2.24) is 4.98 Å². The number of hydrogen-bond acceptors (Lipinski definition) is 4. The summed E-state index contributed by atoms with van der Waals surface area (Å²) in [6.45, 7) is 0. The maximum atomic E-state index is 10.4. The van der Waals surface area contributed by atoms with Gasteiger partial charge in [-0.25, -0.2) is 0 Å². The van der Waals surface area contributed by atoms with Crippen LogP contribution in [0.5, 0.6) is 11.5 Å². The molecule has 4 nitrogen and oxygen atoms in total. The van der Waals surface area contributed by atoms with E-state index in [2.05, 4.69) is 4.98 Å². The highest BCUT2D eigenvalue weighted by Crippen LogP contribution is 2.19. The smallest absolute Gasteiger partial charge is 0.150 e. The zero-order valence-corrected chi connectivity index (χ0v) is 9.41. The molecule has 0 amide bonds. The molecular weight excluding hydrogens is 218 g/mol. The minimum absolute atomic E-state index is 0.633. The van der Waals surface area contributed by atoms with E-state index in [0.29, 0.717) is 17.1 Å². The fraction of sp³-hybridized carbons (Fsp3) is 0.0769. The first-order valence-electron chi connectivity index (χ1n) is 4.96. The summed E-state index contributed by atoms with van der Waals surface area (Å²) in [6, 6.07) is 10.5. The predicted molar refractivity (Wildman–Crippen MR) is 64.3 cm³/mol. The average molecular weight is 231 g/mol. The fourth-order valence-corrected chi connectivity index (χ4v) is 1.16. The topological polar surface area (TPSA) is 59.4 Å². The van der Waals surface area contributed by atoms with E-state index < -0.39 is 0 Å². The van der Waals surface area contributed by atoms with Crippen molar-refractivity contribution in [3.05, 3.63) is 54.4 Å². The van der Waals surface area contributed by atoms with Crippen LogP contribution < -0.4 is 4.74 Å². The highest BCUT2D eigenvalue weighted by atomic mass is 16.5. The van der Waals surface area contributed by atoms with Crippen molar-refractivity contribution in [2.24, 2.45) is 0 Å². The molecule has 1 aromatic carbocycles. The van der Waals surface area contributed by atoms with E-state index in [0.717, 1.165) is 13.4 Å². The molecule has 1 heterocycles. The van der Waals surface area contributed by atoms with Gasteiger partial charge in [0.1, 0.15) is 17.8 Å². The number of benzene rings is 1. The number of rotatable bonds is 3. The van der Waals surface area contributed by atoms with Gasteiger partial charge in [-0.2, -0.15) is 0 Å². The lowest BCUT2D eigenvalue weighted by atomic mass is 10.2. The first-order chi connectivity index (χ1) is 8.38. The molecule has 0 radical (unpaired) electrons. The van der Waals surface area contributed by atoms with E-state index in [9.17, 15) is 4.79 Å². The van der Waals surface area contributed by atoms with Crippen LogP contribution in [0.25, 0.3) is 0 Å². The van der Waals surface area contributed by atoms with Gasteiger partial charge in [0, 0.05) is 18.9 Å². The number of aliphatic hydroxyl groups excluding tert-OH is 1. The summed E-state index contributed by atoms with van der Waals surface area (Å²) >= 11 is 0. The normalized spacial score (nSPS) is 8.82. The predicted octanol–water partition coefficient (Wildman–Crippen LogP) is 2.29. The summed E-state index contributed by atoms with van der Waals surface area (Å²) in [4.78, 5) is 14.4. The Morgan fingerprint density at radius 3 is 2.35 bits per heavy atom. The van der Waals surface area contributed by atoms with Gasteiger partial charge in [-0.1, -0.05) is 0 Å². The number of carbonyl (C=O) groups is 1. The quantitative estimate of drug-likeness (QED) is 0.823. The summed E-state index contributed by atoms with van der Waals surface area (Å²) in [6.07, 6.45) is 4.11. The second-order valence-electron chi connectivity index (χ2n) is 2.98. The van der Waals surface area contributed by atoms with Crippen LogP contribution in [0.4, 0.5) is 0 Å². The lowest BCUT2D eigenvalue weighted by Gasteiger charge is -2.04. The van der Waals surface area contributed by atoms with Gasteiger partial charge in [-0.05, 0) is 36.4 Å². The van der Waals surface area contributed by atoms with Gasteiger partial charge in [-0.3, -0.25) is 9.78 Å². The van der Waals surface area contributed by atoms with Crippen molar-refractivity contribution in [3.63, 3.8) is 0 Å². The van der Waals surface area contributed by atoms with Crippen molar-refractivity contribution in [2.75, 3.05) is 7.11 Å². The van der Waals surface area contributed by atoms with Gasteiger partial charge in [0.05, 0.1) is 6.20 Å². The molecule has 0 fully saturated rings. The summed E-state index contributed by atoms with van der Waals surface area (Å²) < 4.78 is 5.50. The molecule has 0 aliphatic rings. The van der Waals surface area contributed by atoms with Crippen LogP contribution in [0.3, 0.4) is 0 Å². The van der Waals surface area contributed by atoms with Gasteiger partial charge in [0.25, 0.3) is 0 Å². The minimum Gasteiger partial charge on any atom is -0.456 e. The Bertz CT molecular complexity index is 440. The molecule has 2 aromatic rings. The van der Waals surface area contributed by atoms with E-state index >= 15 is 0 Å². The van der Waals surface area contributed by atoms with E-state index in [1.807, 2.05) is 6.07 Å².